The van der Waals surface area contributed by atoms with Gasteiger partial charge in [-0.1, -0.05) is 28.9 Å². The van der Waals surface area contributed by atoms with Crippen LogP contribution in [0.1, 0.15) is 46.2 Å². The summed E-state index contributed by atoms with van der Waals surface area (Å²) in [5.74, 6) is -0.0386. The zero-order valence-electron chi connectivity index (χ0n) is 14.3. The number of nitrogens with zero attached hydrogens (tertiary/aromatic N) is 4. The fourth-order valence-electron chi connectivity index (χ4n) is 3.82. The fourth-order valence-corrected chi connectivity index (χ4v) is 4.11. The summed E-state index contributed by atoms with van der Waals surface area (Å²) in [7, 11) is 0. The summed E-state index contributed by atoms with van der Waals surface area (Å²) >= 11 is 6.27. The van der Waals surface area contributed by atoms with Gasteiger partial charge in [0.05, 0.1) is 11.7 Å². The van der Waals surface area contributed by atoms with E-state index in [9.17, 15) is 4.79 Å². The third-order valence-electron chi connectivity index (χ3n) is 5.28. The molecule has 1 aromatic carbocycles. The van der Waals surface area contributed by atoms with Gasteiger partial charge in [-0.05, 0) is 56.5 Å². The molecule has 2 aromatic rings. The van der Waals surface area contributed by atoms with E-state index < -0.39 is 0 Å². The van der Waals surface area contributed by atoms with Gasteiger partial charge in [-0.3, -0.25) is 4.79 Å². The van der Waals surface area contributed by atoms with E-state index in [0.29, 0.717) is 24.8 Å². The molecule has 25 heavy (non-hydrogen) atoms. The Kier molecular flexibility index (Phi) is 4.48. The molecule has 1 saturated heterocycles. The predicted molar refractivity (Wildman–Crippen MR) is 95.8 cm³/mol. The van der Waals surface area contributed by atoms with Gasteiger partial charge in [0.2, 0.25) is 0 Å². The number of fused-ring (bicyclic) bond motifs is 1. The molecule has 0 spiro atoms. The monoisotopic (exact) mass is 359 g/mol. The van der Waals surface area contributed by atoms with E-state index in [-0.39, 0.29) is 5.91 Å². The second-order valence-electron chi connectivity index (χ2n) is 6.80. The average molecular weight is 360 g/mol. The Hall–Kier alpha value is -1.92. The molecule has 1 fully saturated rings. The SMILES string of the molecule is Cc1c(C(=O)N2CCc3c(Cl)cccc3C2)nnn1C1CCNCC1. The molecule has 6 nitrogen and oxygen atoms in total. The van der Waals surface area contributed by atoms with Crippen LogP contribution in [0.5, 0.6) is 0 Å². The maximum absolute atomic E-state index is 13.0. The van der Waals surface area contributed by atoms with E-state index >= 15 is 0 Å². The lowest BCUT2D eigenvalue weighted by atomic mass is 9.99. The molecule has 0 bridgehead atoms. The number of hydrogen-bond donors (Lipinski definition) is 1. The van der Waals surface area contributed by atoms with Crippen molar-refractivity contribution in [3.63, 3.8) is 0 Å². The maximum atomic E-state index is 13.0. The van der Waals surface area contributed by atoms with Crippen LogP contribution in [0.2, 0.25) is 5.02 Å². The number of halogens is 1. The Labute approximate surface area is 152 Å². The molecule has 3 heterocycles. The van der Waals surface area contributed by atoms with E-state index in [4.69, 9.17) is 11.6 Å². The highest BCUT2D eigenvalue weighted by atomic mass is 35.5. The molecule has 2 aliphatic rings. The summed E-state index contributed by atoms with van der Waals surface area (Å²) in [6.07, 6.45) is 2.82. The van der Waals surface area contributed by atoms with Crippen molar-refractivity contribution < 1.29 is 4.79 Å². The first-order chi connectivity index (χ1) is 12.1. The van der Waals surface area contributed by atoms with Crippen molar-refractivity contribution in [3.8, 4) is 0 Å². The number of rotatable bonds is 2. The molecule has 0 radical (unpaired) electrons. The molecular weight excluding hydrogens is 338 g/mol. The summed E-state index contributed by atoms with van der Waals surface area (Å²) in [6.45, 7) is 5.15. The van der Waals surface area contributed by atoms with Crippen molar-refractivity contribution in [1.82, 2.24) is 25.2 Å². The quantitative estimate of drug-likeness (QED) is 0.894. The molecule has 7 heteroatoms. The Morgan fingerprint density at radius 1 is 1.32 bits per heavy atom. The standard InChI is InChI=1S/C18H22ClN5O/c1-12-17(21-22-24(12)14-5-8-20-9-6-14)18(25)23-10-7-15-13(11-23)3-2-4-16(15)19/h2-4,14,20H,5-11H2,1H3. The van der Waals surface area contributed by atoms with Gasteiger partial charge in [0, 0.05) is 18.1 Å². The largest absolute Gasteiger partial charge is 0.333 e. The second-order valence-corrected chi connectivity index (χ2v) is 7.21. The minimum Gasteiger partial charge on any atom is -0.333 e. The molecule has 0 unspecified atom stereocenters. The Morgan fingerprint density at radius 2 is 2.12 bits per heavy atom. The molecule has 132 valence electrons. The first-order valence-electron chi connectivity index (χ1n) is 8.83. The second kappa shape index (κ2) is 6.77. The highest BCUT2D eigenvalue weighted by molar-refractivity contribution is 6.31. The van der Waals surface area contributed by atoms with Crippen LogP contribution in [0, 0.1) is 6.92 Å². The molecule has 0 saturated carbocycles. The van der Waals surface area contributed by atoms with Crippen LogP contribution in [-0.2, 0) is 13.0 Å². The molecule has 2 aliphatic heterocycles. The summed E-state index contributed by atoms with van der Waals surface area (Å²) in [5.41, 5.74) is 3.62. The van der Waals surface area contributed by atoms with Crippen molar-refractivity contribution in [3.05, 3.63) is 45.7 Å². The van der Waals surface area contributed by atoms with Gasteiger partial charge in [-0.15, -0.1) is 5.10 Å². The first kappa shape index (κ1) is 16.5. The zero-order valence-corrected chi connectivity index (χ0v) is 15.1. The van der Waals surface area contributed by atoms with Gasteiger partial charge in [0.1, 0.15) is 0 Å². The van der Waals surface area contributed by atoms with Crippen LogP contribution in [0.4, 0.5) is 0 Å². The van der Waals surface area contributed by atoms with Crippen molar-refractivity contribution in [1.29, 1.82) is 0 Å². The van der Waals surface area contributed by atoms with E-state index in [2.05, 4.69) is 15.6 Å². The van der Waals surface area contributed by atoms with Crippen molar-refractivity contribution in [2.75, 3.05) is 19.6 Å². The zero-order chi connectivity index (χ0) is 17.4. The lowest BCUT2D eigenvalue weighted by molar-refractivity contribution is 0.0727. The maximum Gasteiger partial charge on any atom is 0.276 e. The van der Waals surface area contributed by atoms with Gasteiger partial charge in [0.25, 0.3) is 5.91 Å². The molecule has 1 N–H and O–H groups in total. The number of aromatic nitrogens is 3. The number of amides is 1. The molecule has 1 aromatic heterocycles. The Bertz CT molecular complexity index is 797. The summed E-state index contributed by atoms with van der Waals surface area (Å²) in [4.78, 5) is 14.8. The van der Waals surface area contributed by atoms with E-state index in [0.717, 1.165) is 54.2 Å². The lowest BCUT2D eigenvalue weighted by Crippen LogP contribution is -2.36. The van der Waals surface area contributed by atoms with Crippen LogP contribution in [0.25, 0.3) is 0 Å². The Balaban J connectivity index is 1.55. The van der Waals surface area contributed by atoms with Crippen LogP contribution in [0.3, 0.4) is 0 Å². The number of carbonyl (C=O) groups excluding carboxylic acids is 1. The van der Waals surface area contributed by atoms with Gasteiger partial charge in [-0.25, -0.2) is 4.68 Å². The van der Waals surface area contributed by atoms with Gasteiger partial charge >= 0.3 is 0 Å². The van der Waals surface area contributed by atoms with Crippen LogP contribution in [0.15, 0.2) is 18.2 Å². The average Bonchev–Trinajstić information content (AvgIpc) is 3.03. The van der Waals surface area contributed by atoms with Crippen LogP contribution >= 0.6 is 11.6 Å². The van der Waals surface area contributed by atoms with Crippen molar-refractivity contribution in [2.24, 2.45) is 0 Å². The minimum absolute atomic E-state index is 0.0386. The lowest BCUT2D eigenvalue weighted by Gasteiger charge is -2.29. The highest BCUT2D eigenvalue weighted by Crippen LogP contribution is 2.27. The smallest absolute Gasteiger partial charge is 0.276 e. The fraction of sp³-hybridized carbons (Fsp3) is 0.500. The topological polar surface area (TPSA) is 63.1 Å². The third-order valence-corrected chi connectivity index (χ3v) is 5.63. The van der Waals surface area contributed by atoms with Gasteiger partial charge in [-0.2, -0.15) is 0 Å². The summed E-state index contributed by atoms with van der Waals surface area (Å²) in [5, 5.41) is 12.6. The summed E-state index contributed by atoms with van der Waals surface area (Å²) in [6, 6.07) is 6.22. The van der Waals surface area contributed by atoms with Gasteiger partial charge < -0.3 is 10.2 Å². The number of benzene rings is 1. The first-order valence-corrected chi connectivity index (χ1v) is 9.21. The van der Waals surface area contributed by atoms with Crippen molar-refractivity contribution >= 4 is 17.5 Å². The summed E-state index contributed by atoms with van der Waals surface area (Å²) < 4.78 is 1.93. The number of piperidine rings is 1. The van der Waals surface area contributed by atoms with Gasteiger partial charge in [0.15, 0.2) is 5.69 Å². The third kappa shape index (κ3) is 3.04. The Morgan fingerprint density at radius 3 is 2.92 bits per heavy atom. The molecule has 1 amide bonds. The van der Waals surface area contributed by atoms with Crippen LogP contribution in [-0.4, -0.2) is 45.4 Å². The normalized spacial score (nSPS) is 18.2. The number of carbonyl (C=O) groups is 1. The van der Waals surface area contributed by atoms with E-state index in [1.54, 1.807) is 0 Å². The van der Waals surface area contributed by atoms with E-state index in [1.807, 2.05) is 34.7 Å². The van der Waals surface area contributed by atoms with Crippen LogP contribution < -0.4 is 5.32 Å². The molecular formula is C18H22ClN5O. The predicted octanol–water partition coefficient (Wildman–Crippen LogP) is 2.36. The minimum atomic E-state index is -0.0386. The molecule has 0 aliphatic carbocycles. The number of hydrogen-bond acceptors (Lipinski definition) is 4. The van der Waals surface area contributed by atoms with E-state index in [1.165, 1.54) is 0 Å². The number of nitrogens with one attached hydrogen (secondary N) is 1. The molecule has 4 rings (SSSR count). The highest BCUT2D eigenvalue weighted by Gasteiger charge is 2.28. The molecule has 0 atom stereocenters. The van der Waals surface area contributed by atoms with Crippen molar-refractivity contribution in [2.45, 2.75) is 38.8 Å².